The van der Waals surface area contributed by atoms with Crippen molar-refractivity contribution in [1.82, 2.24) is 4.90 Å². The van der Waals surface area contributed by atoms with Crippen molar-refractivity contribution < 1.29 is 14.3 Å². The largest absolute Gasteiger partial charge is 0.444 e. The van der Waals surface area contributed by atoms with Gasteiger partial charge in [0.2, 0.25) is 5.91 Å². The fourth-order valence-corrected chi connectivity index (χ4v) is 3.91. The highest BCUT2D eigenvalue weighted by atomic mass is 32.1. The van der Waals surface area contributed by atoms with Crippen LogP contribution in [0.5, 0.6) is 0 Å². The van der Waals surface area contributed by atoms with Gasteiger partial charge in [0.15, 0.2) is 0 Å². The summed E-state index contributed by atoms with van der Waals surface area (Å²) < 4.78 is 5.45. The summed E-state index contributed by atoms with van der Waals surface area (Å²) in [6.07, 6.45) is 2.15. The van der Waals surface area contributed by atoms with Gasteiger partial charge in [0.05, 0.1) is 0 Å². The van der Waals surface area contributed by atoms with Crippen LogP contribution in [-0.4, -0.2) is 47.4 Å². The number of ether oxygens (including phenoxy) is 1. The number of rotatable bonds is 2. The molecule has 2 heterocycles. The summed E-state index contributed by atoms with van der Waals surface area (Å²) in [4.78, 5) is 27.8. The number of carbonyl (C=O) groups excluding carboxylic acids is 2. The van der Waals surface area contributed by atoms with Crippen LogP contribution in [0.25, 0.3) is 0 Å². The van der Waals surface area contributed by atoms with Gasteiger partial charge in [0.25, 0.3) is 0 Å². The van der Waals surface area contributed by atoms with Crippen LogP contribution in [0.4, 0.5) is 10.5 Å². The molecule has 3 rings (SSSR count). The Hall–Kier alpha value is -1.69. The number of amides is 2. The lowest BCUT2D eigenvalue weighted by molar-refractivity contribution is -0.117. The number of thiol groups is 1. The molecule has 1 atom stereocenters. The summed E-state index contributed by atoms with van der Waals surface area (Å²) in [6.45, 7) is 7.77. The zero-order valence-corrected chi connectivity index (χ0v) is 16.7. The Kier molecular flexibility index (Phi) is 5.51. The molecule has 0 spiro atoms. The van der Waals surface area contributed by atoms with Crippen molar-refractivity contribution in [1.29, 1.82) is 0 Å². The summed E-state index contributed by atoms with van der Waals surface area (Å²) >= 11 is 4.41. The Morgan fingerprint density at radius 2 is 1.77 bits per heavy atom. The van der Waals surface area contributed by atoms with E-state index in [0.717, 1.165) is 18.5 Å². The van der Waals surface area contributed by atoms with Crippen molar-refractivity contribution in [2.75, 3.05) is 24.5 Å². The molecule has 0 N–H and O–H groups in total. The zero-order valence-electron chi connectivity index (χ0n) is 15.8. The summed E-state index contributed by atoms with van der Waals surface area (Å²) in [5.74, 6) is 0.582. The molecular weight excluding hydrogens is 348 g/mol. The van der Waals surface area contributed by atoms with Crippen LogP contribution < -0.4 is 4.90 Å². The molecule has 0 bridgehead atoms. The van der Waals surface area contributed by atoms with Gasteiger partial charge in [-0.15, -0.1) is 0 Å². The Labute approximate surface area is 161 Å². The number of benzene rings is 1. The molecule has 5 nitrogen and oxygen atoms in total. The second-order valence-corrected chi connectivity index (χ2v) is 8.93. The number of piperidine rings is 1. The summed E-state index contributed by atoms with van der Waals surface area (Å²) in [6, 6.07) is 8.28. The first-order valence-electron chi connectivity index (χ1n) is 9.29. The second-order valence-electron chi connectivity index (χ2n) is 8.20. The third-order valence-electron chi connectivity index (χ3n) is 4.93. The fraction of sp³-hybridized carbons (Fsp3) is 0.600. The van der Waals surface area contributed by atoms with E-state index in [9.17, 15) is 9.59 Å². The van der Waals surface area contributed by atoms with E-state index in [1.54, 1.807) is 4.90 Å². The highest BCUT2D eigenvalue weighted by molar-refractivity contribution is 7.81. The molecule has 1 unspecified atom stereocenters. The maximum atomic E-state index is 12.2. The molecule has 142 valence electrons. The number of carbonyl (C=O) groups is 2. The number of hydrogen-bond acceptors (Lipinski definition) is 4. The lowest BCUT2D eigenvalue weighted by Gasteiger charge is -2.33. The highest BCUT2D eigenvalue weighted by Gasteiger charge is 2.29. The SMILES string of the molecule is CC(C)(C)OC(=O)N1CCC(c2ccc(N3CC(S)CC3=O)cc2)CC1. The van der Waals surface area contributed by atoms with Crippen molar-refractivity contribution in [2.45, 2.75) is 56.8 Å². The van der Waals surface area contributed by atoms with Crippen molar-refractivity contribution in [3.63, 3.8) is 0 Å². The lowest BCUT2D eigenvalue weighted by atomic mass is 9.89. The first kappa shape index (κ1) is 19.1. The second kappa shape index (κ2) is 7.51. The number of nitrogens with zero attached hydrogens (tertiary/aromatic N) is 2. The topological polar surface area (TPSA) is 49.9 Å². The minimum atomic E-state index is -0.456. The molecule has 0 aliphatic carbocycles. The van der Waals surface area contributed by atoms with E-state index in [1.165, 1.54) is 5.56 Å². The molecule has 0 saturated carbocycles. The van der Waals surface area contributed by atoms with Crippen LogP contribution in [0.2, 0.25) is 0 Å². The number of anilines is 1. The first-order valence-corrected chi connectivity index (χ1v) is 9.81. The van der Waals surface area contributed by atoms with Gasteiger partial charge in [0.1, 0.15) is 5.60 Å². The lowest BCUT2D eigenvalue weighted by Crippen LogP contribution is -2.41. The summed E-state index contributed by atoms with van der Waals surface area (Å²) in [7, 11) is 0. The van der Waals surface area contributed by atoms with Crippen LogP contribution >= 0.6 is 12.6 Å². The van der Waals surface area contributed by atoms with E-state index in [1.807, 2.05) is 37.8 Å². The van der Waals surface area contributed by atoms with E-state index in [0.29, 0.717) is 32.0 Å². The fourth-order valence-electron chi connectivity index (χ4n) is 3.59. The molecular formula is C20H28N2O3S. The van der Waals surface area contributed by atoms with Crippen LogP contribution in [-0.2, 0) is 9.53 Å². The van der Waals surface area contributed by atoms with Gasteiger partial charge in [-0.05, 0) is 57.2 Å². The molecule has 2 fully saturated rings. The quantitative estimate of drug-likeness (QED) is 0.798. The molecule has 0 radical (unpaired) electrons. The van der Waals surface area contributed by atoms with Gasteiger partial charge >= 0.3 is 6.09 Å². The smallest absolute Gasteiger partial charge is 0.410 e. The molecule has 6 heteroatoms. The van der Waals surface area contributed by atoms with E-state index in [2.05, 4.69) is 24.8 Å². The van der Waals surface area contributed by atoms with Crippen molar-refractivity contribution in [3.05, 3.63) is 29.8 Å². The first-order chi connectivity index (χ1) is 12.2. The Bertz CT molecular complexity index is 661. The predicted molar refractivity (Wildman–Crippen MR) is 106 cm³/mol. The van der Waals surface area contributed by atoms with E-state index >= 15 is 0 Å². The molecule has 2 saturated heterocycles. The standard InChI is InChI=1S/C20H28N2O3S/c1-20(2,3)25-19(24)21-10-8-15(9-11-21)14-4-6-16(7-5-14)22-13-17(26)12-18(22)23/h4-7,15,17,26H,8-13H2,1-3H3. The van der Waals surface area contributed by atoms with Gasteiger partial charge in [-0.25, -0.2) is 4.79 Å². The monoisotopic (exact) mass is 376 g/mol. The van der Waals surface area contributed by atoms with Crippen LogP contribution in [0.3, 0.4) is 0 Å². The van der Waals surface area contributed by atoms with Gasteiger partial charge in [-0.1, -0.05) is 12.1 Å². The van der Waals surface area contributed by atoms with Gasteiger partial charge in [-0.3, -0.25) is 4.79 Å². The molecule has 1 aromatic carbocycles. The average molecular weight is 377 g/mol. The van der Waals surface area contributed by atoms with Gasteiger partial charge < -0.3 is 14.5 Å². The van der Waals surface area contributed by atoms with Gasteiger partial charge in [0, 0.05) is 37.0 Å². The Morgan fingerprint density at radius 3 is 2.27 bits per heavy atom. The third kappa shape index (κ3) is 4.53. The van der Waals surface area contributed by atoms with E-state index in [-0.39, 0.29) is 17.3 Å². The van der Waals surface area contributed by atoms with Gasteiger partial charge in [-0.2, -0.15) is 12.6 Å². The van der Waals surface area contributed by atoms with E-state index in [4.69, 9.17) is 4.74 Å². The van der Waals surface area contributed by atoms with Crippen LogP contribution in [0, 0.1) is 0 Å². The molecule has 26 heavy (non-hydrogen) atoms. The Balaban J connectivity index is 1.57. The van der Waals surface area contributed by atoms with Crippen LogP contribution in [0.15, 0.2) is 24.3 Å². The average Bonchev–Trinajstić information content (AvgIpc) is 2.92. The van der Waals surface area contributed by atoms with E-state index < -0.39 is 5.60 Å². The molecule has 2 aliphatic rings. The molecule has 0 aromatic heterocycles. The summed E-state index contributed by atoms with van der Waals surface area (Å²) in [5.41, 5.74) is 1.76. The molecule has 2 amide bonds. The maximum absolute atomic E-state index is 12.2. The van der Waals surface area contributed by atoms with Crippen molar-refractivity contribution in [2.24, 2.45) is 0 Å². The minimum absolute atomic E-state index is 0.124. The van der Waals surface area contributed by atoms with Crippen molar-refractivity contribution in [3.8, 4) is 0 Å². The maximum Gasteiger partial charge on any atom is 0.410 e. The number of hydrogen-bond donors (Lipinski definition) is 1. The zero-order chi connectivity index (χ0) is 18.9. The predicted octanol–water partition coefficient (Wildman–Crippen LogP) is 3.84. The minimum Gasteiger partial charge on any atom is -0.444 e. The summed E-state index contributed by atoms with van der Waals surface area (Å²) in [5, 5.41) is 0.124. The van der Waals surface area contributed by atoms with Crippen molar-refractivity contribution >= 4 is 30.3 Å². The normalized spacial score (nSPS) is 22.0. The molecule has 2 aliphatic heterocycles. The Morgan fingerprint density at radius 1 is 1.15 bits per heavy atom. The highest BCUT2D eigenvalue weighted by Crippen LogP contribution is 2.31. The number of likely N-dealkylation sites (tertiary alicyclic amines) is 1. The van der Waals surface area contributed by atoms with Crippen LogP contribution in [0.1, 0.15) is 51.5 Å². The molecule has 1 aromatic rings. The third-order valence-corrected chi connectivity index (χ3v) is 5.27.